The number of benzene rings is 1. The van der Waals surface area contributed by atoms with Crippen LogP contribution >= 0.6 is 23.2 Å². The van der Waals surface area contributed by atoms with Crippen LogP contribution in [0.1, 0.15) is 0 Å². The van der Waals surface area contributed by atoms with Gasteiger partial charge in [-0.2, -0.15) is 0 Å². The summed E-state index contributed by atoms with van der Waals surface area (Å²) in [4.78, 5) is 14.1. The Morgan fingerprint density at radius 2 is 2.06 bits per heavy atom. The van der Waals surface area contributed by atoms with Gasteiger partial charge in [0, 0.05) is 18.3 Å². The van der Waals surface area contributed by atoms with Crippen LogP contribution in [0.4, 0.5) is 5.69 Å². The molecule has 7 heteroatoms. The molecule has 0 aliphatic rings. The Hall–Kier alpha value is -1.85. The van der Waals surface area contributed by atoms with E-state index in [1.165, 1.54) is 36.5 Å². The lowest BCUT2D eigenvalue weighted by atomic mass is 10.3. The molecule has 1 aromatic carbocycles. The molecule has 2 aromatic rings. The van der Waals surface area contributed by atoms with Crippen molar-refractivity contribution in [3.8, 4) is 11.5 Å². The van der Waals surface area contributed by atoms with Gasteiger partial charge in [0.05, 0.1) is 9.95 Å². The molecule has 0 saturated carbocycles. The van der Waals surface area contributed by atoms with Crippen LogP contribution in [-0.4, -0.2) is 9.91 Å². The first kappa shape index (κ1) is 12.6. The maximum Gasteiger partial charge on any atom is 0.313 e. The third-order valence-corrected chi connectivity index (χ3v) is 2.57. The highest BCUT2D eigenvalue weighted by Crippen LogP contribution is 2.37. The third kappa shape index (κ3) is 2.69. The maximum absolute atomic E-state index is 10.9. The van der Waals surface area contributed by atoms with Crippen LogP contribution in [0.25, 0.3) is 0 Å². The van der Waals surface area contributed by atoms with Crippen LogP contribution in [0, 0.1) is 10.1 Å². The molecule has 92 valence electrons. The molecule has 0 unspecified atom stereocenters. The number of hydrogen-bond donors (Lipinski definition) is 0. The molecular formula is C11H6Cl2N2O3. The molecule has 0 radical (unpaired) electrons. The second kappa shape index (κ2) is 5.20. The van der Waals surface area contributed by atoms with Gasteiger partial charge in [-0.05, 0) is 12.1 Å². The van der Waals surface area contributed by atoms with Gasteiger partial charge in [0.1, 0.15) is 10.9 Å². The van der Waals surface area contributed by atoms with E-state index in [1.807, 2.05) is 0 Å². The van der Waals surface area contributed by atoms with Gasteiger partial charge in [0.2, 0.25) is 5.75 Å². The van der Waals surface area contributed by atoms with Gasteiger partial charge in [-0.1, -0.05) is 29.3 Å². The molecule has 0 atom stereocenters. The molecule has 0 spiro atoms. The number of nitro benzene ring substituents is 1. The number of halogens is 2. The number of nitro groups is 1. The lowest BCUT2D eigenvalue weighted by Crippen LogP contribution is -1.94. The second-order valence-electron chi connectivity index (χ2n) is 3.26. The molecule has 0 aliphatic carbocycles. The van der Waals surface area contributed by atoms with Crippen molar-refractivity contribution in [2.45, 2.75) is 0 Å². The fraction of sp³-hybridized carbons (Fsp3) is 0. The van der Waals surface area contributed by atoms with Gasteiger partial charge >= 0.3 is 5.69 Å². The average molecular weight is 285 g/mol. The van der Waals surface area contributed by atoms with Crippen molar-refractivity contribution in [1.82, 2.24) is 4.98 Å². The van der Waals surface area contributed by atoms with Crippen molar-refractivity contribution in [3.63, 3.8) is 0 Å². The summed E-state index contributed by atoms with van der Waals surface area (Å²) in [5, 5.41) is 11.2. The number of nitrogens with zero attached hydrogens (tertiary/aromatic N) is 2. The van der Waals surface area contributed by atoms with Crippen molar-refractivity contribution in [2.75, 3.05) is 0 Å². The highest BCUT2D eigenvalue weighted by atomic mass is 35.5. The minimum absolute atomic E-state index is 0.0218. The predicted octanol–water partition coefficient (Wildman–Crippen LogP) is 4.09. The van der Waals surface area contributed by atoms with Crippen molar-refractivity contribution in [3.05, 3.63) is 56.8 Å². The first-order chi connectivity index (χ1) is 8.58. The third-order valence-electron chi connectivity index (χ3n) is 2.06. The monoisotopic (exact) mass is 284 g/mol. The Morgan fingerprint density at radius 3 is 2.72 bits per heavy atom. The minimum Gasteiger partial charge on any atom is -0.448 e. The highest BCUT2D eigenvalue weighted by molar-refractivity contribution is 6.32. The standard InChI is InChI=1S/C11H6Cl2N2O3/c12-8-2-1-3-9(15(16)17)11(8)18-7-4-5-14-10(13)6-7/h1-6H. The molecule has 18 heavy (non-hydrogen) atoms. The zero-order valence-corrected chi connectivity index (χ0v) is 10.4. The average Bonchev–Trinajstić information content (AvgIpc) is 2.31. The first-order valence-electron chi connectivity index (χ1n) is 4.80. The molecule has 0 fully saturated rings. The molecule has 2 rings (SSSR count). The first-order valence-corrected chi connectivity index (χ1v) is 5.56. The molecule has 0 aliphatic heterocycles. The Kier molecular flexibility index (Phi) is 3.64. The zero-order valence-electron chi connectivity index (χ0n) is 8.84. The topological polar surface area (TPSA) is 65.3 Å². The number of para-hydroxylation sites is 1. The van der Waals surface area contributed by atoms with Crippen molar-refractivity contribution in [1.29, 1.82) is 0 Å². The van der Waals surface area contributed by atoms with Crippen LogP contribution in [0.3, 0.4) is 0 Å². The van der Waals surface area contributed by atoms with Gasteiger partial charge in [-0.3, -0.25) is 10.1 Å². The Balaban J connectivity index is 2.42. The fourth-order valence-electron chi connectivity index (χ4n) is 1.31. The van der Waals surface area contributed by atoms with E-state index in [2.05, 4.69) is 4.98 Å². The maximum atomic E-state index is 10.9. The van der Waals surface area contributed by atoms with E-state index < -0.39 is 4.92 Å². The molecule has 0 amide bonds. The summed E-state index contributed by atoms with van der Waals surface area (Å²) in [5.41, 5.74) is -0.213. The summed E-state index contributed by atoms with van der Waals surface area (Å²) in [5.74, 6) is 0.303. The molecular weight excluding hydrogens is 279 g/mol. The van der Waals surface area contributed by atoms with E-state index >= 15 is 0 Å². The Labute approximate surface area is 112 Å². The fourth-order valence-corrected chi connectivity index (χ4v) is 1.68. The van der Waals surface area contributed by atoms with Crippen LogP contribution in [0.15, 0.2) is 36.5 Å². The summed E-state index contributed by atoms with van der Waals surface area (Å²) in [7, 11) is 0. The van der Waals surface area contributed by atoms with E-state index in [0.717, 1.165) is 0 Å². The minimum atomic E-state index is -0.565. The Bertz CT molecular complexity index is 605. The van der Waals surface area contributed by atoms with Gasteiger partial charge < -0.3 is 4.74 Å². The molecule has 0 N–H and O–H groups in total. The lowest BCUT2D eigenvalue weighted by Gasteiger charge is -2.07. The van der Waals surface area contributed by atoms with Crippen molar-refractivity contribution < 1.29 is 9.66 Å². The van der Waals surface area contributed by atoms with E-state index in [-0.39, 0.29) is 21.6 Å². The summed E-state index contributed by atoms with van der Waals surface area (Å²) < 4.78 is 5.38. The van der Waals surface area contributed by atoms with E-state index in [1.54, 1.807) is 0 Å². The summed E-state index contributed by atoms with van der Waals surface area (Å²) in [6, 6.07) is 7.26. The van der Waals surface area contributed by atoms with Crippen molar-refractivity contribution in [2.24, 2.45) is 0 Å². The van der Waals surface area contributed by atoms with Gasteiger partial charge in [-0.15, -0.1) is 0 Å². The number of pyridine rings is 1. The SMILES string of the molecule is O=[N+]([O-])c1cccc(Cl)c1Oc1ccnc(Cl)c1. The lowest BCUT2D eigenvalue weighted by molar-refractivity contribution is -0.385. The normalized spacial score (nSPS) is 10.1. The second-order valence-corrected chi connectivity index (χ2v) is 4.06. The largest absolute Gasteiger partial charge is 0.448 e. The van der Waals surface area contributed by atoms with E-state index in [4.69, 9.17) is 27.9 Å². The van der Waals surface area contributed by atoms with Gasteiger partial charge in [0.25, 0.3) is 0 Å². The van der Waals surface area contributed by atoms with Crippen molar-refractivity contribution >= 4 is 28.9 Å². The quantitative estimate of drug-likeness (QED) is 0.484. The molecule has 0 saturated heterocycles. The van der Waals surface area contributed by atoms with Gasteiger partial charge in [0.15, 0.2) is 0 Å². The Morgan fingerprint density at radius 1 is 1.28 bits per heavy atom. The van der Waals surface area contributed by atoms with E-state index in [0.29, 0.717) is 5.75 Å². The van der Waals surface area contributed by atoms with Crippen LogP contribution in [-0.2, 0) is 0 Å². The highest BCUT2D eigenvalue weighted by Gasteiger charge is 2.19. The molecule has 0 bridgehead atoms. The molecule has 1 heterocycles. The summed E-state index contributed by atoms with van der Waals surface area (Å²) in [6.07, 6.45) is 1.43. The predicted molar refractivity (Wildman–Crippen MR) is 67.4 cm³/mol. The van der Waals surface area contributed by atoms with Gasteiger partial charge in [-0.25, -0.2) is 4.98 Å². The zero-order chi connectivity index (χ0) is 13.1. The molecule has 1 aromatic heterocycles. The number of ether oxygens (including phenoxy) is 1. The molecule has 5 nitrogen and oxygen atoms in total. The van der Waals surface area contributed by atoms with Crippen LogP contribution in [0.5, 0.6) is 11.5 Å². The van der Waals surface area contributed by atoms with Crippen LogP contribution < -0.4 is 4.74 Å². The summed E-state index contributed by atoms with van der Waals surface area (Å²) in [6.45, 7) is 0. The number of hydrogen-bond acceptors (Lipinski definition) is 4. The smallest absolute Gasteiger partial charge is 0.313 e. The number of rotatable bonds is 3. The van der Waals surface area contributed by atoms with Crippen LogP contribution in [0.2, 0.25) is 10.2 Å². The summed E-state index contributed by atoms with van der Waals surface area (Å²) >= 11 is 11.6. The number of aromatic nitrogens is 1. The van der Waals surface area contributed by atoms with E-state index in [9.17, 15) is 10.1 Å².